The van der Waals surface area contributed by atoms with Crippen LogP contribution in [0.2, 0.25) is 0 Å². The largest absolute Gasteiger partial charge is 0.497 e. The predicted octanol–water partition coefficient (Wildman–Crippen LogP) is 2.92. The molecule has 0 radical (unpaired) electrons. The van der Waals surface area contributed by atoms with Gasteiger partial charge in [0, 0.05) is 17.0 Å². The Morgan fingerprint density at radius 2 is 2.35 bits per heavy atom. The second-order valence-electron chi connectivity index (χ2n) is 4.31. The third-order valence-corrected chi connectivity index (χ3v) is 3.86. The summed E-state index contributed by atoms with van der Waals surface area (Å²) < 4.78 is 11.4. The quantitative estimate of drug-likeness (QED) is 0.933. The third-order valence-electron chi connectivity index (χ3n) is 3.17. The number of aliphatic hydroxyl groups is 1. The molecule has 94 valence electrons. The maximum absolute atomic E-state index is 10.3. The van der Waals surface area contributed by atoms with Crippen LogP contribution in [-0.2, 0) is 4.74 Å². The Morgan fingerprint density at radius 1 is 1.53 bits per heavy atom. The predicted molar refractivity (Wildman–Crippen MR) is 69.2 cm³/mol. The number of ether oxygens (including phenoxy) is 2. The van der Waals surface area contributed by atoms with E-state index in [1.807, 2.05) is 18.2 Å². The summed E-state index contributed by atoms with van der Waals surface area (Å²) in [4.78, 5) is 0. The average molecular weight is 301 g/mol. The highest BCUT2D eigenvalue weighted by atomic mass is 79.9. The summed E-state index contributed by atoms with van der Waals surface area (Å²) in [7, 11) is 1.63. The van der Waals surface area contributed by atoms with Crippen LogP contribution in [-0.4, -0.2) is 25.4 Å². The van der Waals surface area contributed by atoms with E-state index in [-0.39, 0.29) is 5.92 Å². The number of rotatable bonds is 3. The number of hydrogen-bond acceptors (Lipinski definition) is 3. The Bertz CT molecular complexity index is 375. The third kappa shape index (κ3) is 3.00. The maximum Gasteiger partial charge on any atom is 0.120 e. The van der Waals surface area contributed by atoms with Crippen LogP contribution in [0.3, 0.4) is 0 Å². The van der Waals surface area contributed by atoms with E-state index in [1.54, 1.807) is 7.11 Å². The van der Waals surface area contributed by atoms with Crippen LogP contribution in [0.5, 0.6) is 5.75 Å². The first-order valence-electron chi connectivity index (χ1n) is 5.81. The van der Waals surface area contributed by atoms with Crippen LogP contribution < -0.4 is 4.74 Å². The summed E-state index contributed by atoms with van der Waals surface area (Å²) in [5.74, 6) is 0.973. The average Bonchev–Trinajstić information content (AvgIpc) is 2.39. The minimum atomic E-state index is -0.476. The highest BCUT2D eigenvalue weighted by Gasteiger charge is 2.25. The Hall–Kier alpha value is -0.580. The van der Waals surface area contributed by atoms with Crippen molar-refractivity contribution in [3.05, 3.63) is 28.2 Å². The monoisotopic (exact) mass is 300 g/mol. The maximum atomic E-state index is 10.3. The van der Waals surface area contributed by atoms with Crippen LogP contribution in [0.4, 0.5) is 0 Å². The van der Waals surface area contributed by atoms with E-state index in [0.29, 0.717) is 6.61 Å². The van der Waals surface area contributed by atoms with Gasteiger partial charge in [-0.25, -0.2) is 0 Å². The van der Waals surface area contributed by atoms with Crippen molar-refractivity contribution in [1.82, 2.24) is 0 Å². The number of hydrogen-bond donors (Lipinski definition) is 1. The van der Waals surface area contributed by atoms with Gasteiger partial charge in [-0.1, -0.05) is 22.0 Å². The molecular weight excluding hydrogens is 284 g/mol. The molecule has 3 nitrogen and oxygen atoms in total. The summed E-state index contributed by atoms with van der Waals surface area (Å²) in [5, 5.41) is 10.3. The van der Waals surface area contributed by atoms with Gasteiger partial charge in [-0.15, -0.1) is 0 Å². The number of aliphatic hydroxyl groups excluding tert-OH is 1. The summed E-state index contributed by atoms with van der Waals surface area (Å²) in [6, 6.07) is 5.65. The molecule has 1 aliphatic rings. The Morgan fingerprint density at radius 3 is 2.94 bits per heavy atom. The van der Waals surface area contributed by atoms with Gasteiger partial charge in [-0.2, -0.15) is 0 Å². The van der Waals surface area contributed by atoms with Crippen LogP contribution in [0.15, 0.2) is 22.7 Å². The lowest BCUT2D eigenvalue weighted by Gasteiger charge is -2.27. The topological polar surface area (TPSA) is 38.7 Å². The van der Waals surface area contributed by atoms with Crippen molar-refractivity contribution < 1.29 is 14.6 Å². The number of methoxy groups -OCH3 is 1. The second kappa shape index (κ2) is 5.85. The minimum Gasteiger partial charge on any atom is -0.497 e. The highest BCUT2D eigenvalue weighted by Crippen LogP contribution is 2.34. The van der Waals surface area contributed by atoms with Gasteiger partial charge in [0.1, 0.15) is 5.75 Å². The van der Waals surface area contributed by atoms with E-state index < -0.39 is 6.10 Å². The first-order valence-corrected chi connectivity index (χ1v) is 6.61. The molecule has 1 aromatic carbocycles. The molecule has 2 atom stereocenters. The second-order valence-corrected chi connectivity index (χ2v) is 5.16. The molecule has 2 unspecified atom stereocenters. The first-order chi connectivity index (χ1) is 8.22. The molecule has 1 fully saturated rings. The molecule has 0 aliphatic carbocycles. The molecule has 2 rings (SSSR count). The molecule has 0 aromatic heterocycles. The number of halogens is 1. The van der Waals surface area contributed by atoms with Crippen LogP contribution in [0.25, 0.3) is 0 Å². The molecule has 0 bridgehead atoms. The lowest BCUT2D eigenvalue weighted by molar-refractivity contribution is -0.0102. The van der Waals surface area contributed by atoms with Crippen molar-refractivity contribution >= 4 is 15.9 Å². The molecule has 1 aliphatic heterocycles. The Kier molecular flexibility index (Phi) is 4.42. The highest BCUT2D eigenvalue weighted by molar-refractivity contribution is 9.10. The van der Waals surface area contributed by atoms with Gasteiger partial charge in [0.25, 0.3) is 0 Å². The van der Waals surface area contributed by atoms with Crippen molar-refractivity contribution in [2.24, 2.45) is 5.92 Å². The molecule has 0 amide bonds. The molecule has 1 aromatic rings. The standard InChI is InChI=1S/C13H17BrO3/c1-16-10-4-5-11(12(14)7-10)13(15)9-3-2-6-17-8-9/h4-5,7,9,13,15H,2-3,6,8H2,1H3. The molecular formula is C13H17BrO3. The van der Waals surface area contributed by atoms with Crippen LogP contribution >= 0.6 is 15.9 Å². The molecule has 0 saturated carbocycles. The lowest BCUT2D eigenvalue weighted by atomic mass is 9.91. The zero-order valence-corrected chi connectivity index (χ0v) is 11.4. The van der Waals surface area contributed by atoms with Crippen molar-refractivity contribution in [2.45, 2.75) is 18.9 Å². The van der Waals surface area contributed by atoms with Gasteiger partial charge in [0.2, 0.25) is 0 Å². The van der Waals surface area contributed by atoms with Crippen molar-refractivity contribution in [3.8, 4) is 5.75 Å². The number of benzene rings is 1. The molecule has 1 saturated heterocycles. The van der Waals surface area contributed by atoms with Crippen LogP contribution in [0.1, 0.15) is 24.5 Å². The summed E-state index contributed by atoms with van der Waals surface area (Å²) >= 11 is 3.47. The van der Waals surface area contributed by atoms with Gasteiger partial charge in [-0.05, 0) is 30.5 Å². The molecule has 1 heterocycles. The van der Waals surface area contributed by atoms with Gasteiger partial charge in [-0.3, -0.25) is 0 Å². The van der Waals surface area contributed by atoms with Gasteiger partial charge < -0.3 is 14.6 Å². The van der Waals surface area contributed by atoms with E-state index in [0.717, 1.165) is 35.2 Å². The first kappa shape index (κ1) is 12.9. The fourth-order valence-corrected chi connectivity index (χ4v) is 2.74. The van der Waals surface area contributed by atoms with Gasteiger partial charge in [0.05, 0.1) is 19.8 Å². The van der Waals surface area contributed by atoms with Gasteiger partial charge in [0.15, 0.2) is 0 Å². The van der Waals surface area contributed by atoms with E-state index >= 15 is 0 Å². The summed E-state index contributed by atoms with van der Waals surface area (Å²) in [5.41, 5.74) is 0.904. The zero-order valence-electron chi connectivity index (χ0n) is 9.86. The van der Waals surface area contributed by atoms with E-state index in [9.17, 15) is 5.11 Å². The molecule has 1 N–H and O–H groups in total. The van der Waals surface area contributed by atoms with E-state index in [4.69, 9.17) is 9.47 Å². The molecule has 4 heteroatoms. The molecule has 17 heavy (non-hydrogen) atoms. The summed E-state index contributed by atoms with van der Waals surface area (Å²) in [6.07, 6.45) is 1.56. The molecule has 0 spiro atoms. The summed E-state index contributed by atoms with van der Waals surface area (Å²) in [6.45, 7) is 1.45. The van der Waals surface area contributed by atoms with Crippen molar-refractivity contribution in [2.75, 3.05) is 20.3 Å². The van der Waals surface area contributed by atoms with Crippen molar-refractivity contribution in [1.29, 1.82) is 0 Å². The zero-order chi connectivity index (χ0) is 12.3. The fraction of sp³-hybridized carbons (Fsp3) is 0.538. The normalized spacial score (nSPS) is 22.2. The SMILES string of the molecule is COc1ccc(C(O)C2CCCOC2)c(Br)c1. The fourth-order valence-electron chi connectivity index (χ4n) is 2.14. The Labute approximate surface area is 110 Å². The smallest absolute Gasteiger partial charge is 0.120 e. The van der Waals surface area contributed by atoms with Crippen LogP contribution in [0, 0.1) is 5.92 Å². The van der Waals surface area contributed by atoms with E-state index in [2.05, 4.69) is 15.9 Å². The Balaban J connectivity index is 2.15. The van der Waals surface area contributed by atoms with Crippen molar-refractivity contribution in [3.63, 3.8) is 0 Å². The van der Waals surface area contributed by atoms with Gasteiger partial charge >= 0.3 is 0 Å². The lowest BCUT2D eigenvalue weighted by Crippen LogP contribution is -2.23. The minimum absolute atomic E-state index is 0.188. The van der Waals surface area contributed by atoms with E-state index in [1.165, 1.54) is 0 Å².